The number of rotatable bonds is 8. The number of hydrogen-bond acceptors (Lipinski definition) is 1. The summed E-state index contributed by atoms with van der Waals surface area (Å²) in [7, 11) is 0. The Kier molecular flexibility index (Phi) is 8.25. The number of aliphatic hydroxyl groups excluding tert-OH is 1. The van der Waals surface area contributed by atoms with Gasteiger partial charge in [-0.2, -0.15) is 0 Å². The maximum atomic E-state index is 9.40. The number of aliphatic hydroxyl groups is 1. The summed E-state index contributed by atoms with van der Waals surface area (Å²) in [5, 5.41) is 9.40. The molecule has 0 aromatic carbocycles. The zero-order valence-electron chi connectivity index (χ0n) is 9.21. The van der Waals surface area contributed by atoms with E-state index in [2.05, 4.69) is 19.2 Å². The second-order valence-electron chi connectivity index (χ2n) is 3.64. The molecule has 1 unspecified atom stereocenters. The zero-order valence-corrected chi connectivity index (χ0v) is 9.21. The Bertz CT molecular complexity index is 191. The quantitative estimate of drug-likeness (QED) is 0.462. The van der Waals surface area contributed by atoms with Gasteiger partial charge >= 0.3 is 0 Å². The predicted octanol–water partition coefficient (Wildman–Crippen LogP) is 3.62. The van der Waals surface area contributed by atoms with Crippen LogP contribution in [0.4, 0.5) is 0 Å². The first-order valence-electron chi connectivity index (χ1n) is 5.28. The van der Waals surface area contributed by atoms with Crippen LogP contribution in [0.1, 0.15) is 39.0 Å². The number of hydrogen-bond donors (Lipinski definition) is 1. The molecule has 0 rings (SSSR count). The van der Waals surface area contributed by atoms with Gasteiger partial charge in [0.15, 0.2) is 0 Å². The van der Waals surface area contributed by atoms with E-state index in [9.17, 15) is 5.11 Å². The molecule has 0 aliphatic carbocycles. The van der Waals surface area contributed by atoms with Crippen molar-refractivity contribution in [3.63, 3.8) is 0 Å². The topological polar surface area (TPSA) is 20.2 Å². The Morgan fingerprint density at radius 3 is 2.50 bits per heavy atom. The molecule has 1 atom stereocenters. The second-order valence-corrected chi connectivity index (χ2v) is 3.64. The van der Waals surface area contributed by atoms with E-state index in [-0.39, 0.29) is 6.10 Å². The van der Waals surface area contributed by atoms with Crippen LogP contribution in [-0.2, 0) is 0 Å². The molecule has 0 aliphatic rings. The summed E-state index contributed by atoms with van der Waals surface area (Å²) in [6.07, 6.45) is 11.0. The molecule has 0 heterocycles. The van der Waals surface area contributed by atoms with Crippen molar-refractivity contribution in [2.24, 2.45) is 0 Å². The third kappa shape index (κ3) is 7.81. The molecule has 80 valence electrons. The summed E-state index contributed by atoms with van der Waals surface area (Å²) in [5.41, 5.74) is 0.835. The highest BCUT2D eigenvalue weighted by Gasteiger charge is 1.99. The number of allylic oxidation sites excluding steroid dienone is 2. The van der Waals surface area contributed by atoms with E-state index in [0.29, 0.717) is 6.42 Å². The van der Waals surface area contributed by atoms with Crippen LogP contribution in [0, 0.1) is 0 Å². The highest BCUT2D eigenvalue weighted by Crippen LogP contribution is 2.05. The minimum atomic E-state index is -0.376. The van der Waals surface area contributed by atoms with Gasteiger partial charge in [0, 0.05) is 0 Å². The first-order valence-corrected chi connectivity index (χ1v) is 5.28. The molecule has 0 saturated heterocycles. The summed E-state index contributed by atoms with van der Waals surface area (Å²) in [6.45, 7) is 9.23. The van der Waals surface area contributed by atoms with Gasteiger partial charge in [-0.3, -0.25) is 0 Å². The first-order chi connectivity index (χ1) is 6.68. The van der Waals surface area contributed by atoms with E-state index >= 15 is 0 Å². The summed E-state index contributed by atoms with van der Waals surface area (Å²) >= 11 is 0. The zero-order chi connectivity index (χ0) is 10.8. The lowest BCUT2D eigenvalue weighted by Crippen LogP contribution is -2.04. The van der Waals surface area contributed by atoms with Crippen molar-refractivity contribution in [3.05, 3.63) is 37.0 Å². The molecule has 0 amide bonds. The van der Waals surface area contributed by atoms with Gasteiger partial charge in [0.05, 0.1) is 6.10 Å². The average molecular weight is 194 g/mol. The van der Waals surface area contributed by atoms with Crippen molar-refractivity contribution in [1.29, 1.82) is 0 Å². The van der Waals surface area contributed by atoms with Crippen molar-refractivity contribution in [2.45, 2.75) is 45.1 Å². The summed E-state index contributed by atoms with van der Waals surface area (Å²) in [4.78, 5) is 0. The van der Waals surface area contributed by atoms with Crippen LogP contribution in [0.2, 0.25) is 0 Å². The third-order valence-corrected chi connectivity index (χ3v) is 2.12. The Morgan fingerprint density at radius 1 is 1.29 bits per heavy atom. The fourth-order valence-electron chi connectivity index (χ4n) is 1.10. The van der Waals surface area contributed by atoms with Gasteiger partial charge in [-0.25, -0.2) is 0 Å². The minimum Gasteiger partial charge on any atom is -0.388 e. The third-order valence-electron chi connectivity index (χ3n) is 2.12. The molecule has 0 radical (unpaired) electrons. The Balaban J connectivity index is 3.35. The molecule has 1 nitrogen and oxygen atoms in total. The molecule has 0 fully saturated rings. The predicted molar refractivity (Wildman–Crippen MR) is 63.2 cm³/mol. The summed E-state index contributed by atoms with van der Waals surface area (Å²) in [6, 6.07) is 0. The molecular weight excluding hydrogens is 172 g/mol. The van der Waals surface area contributed by atoms with Crippen molar-refractivity contribution >= 4 is 0 Å². The van der Waals surface area contributed by atoms with E-state index in [4.69, 9.17) is 0 Å². The lowest BCUT2D eigenvalue weighted by molar-refractivity contribution is 0.215. The smallest absolute Gasteiger partial charge is 0.0779 e. The monoisotopic (exact) mass is 194 g/mol. The molecule has 0 bridgehead atoms. The highest BCUT2D eigenvalue weighted by atomic mass is 16.3. The van der Waals surface area contributed by atoms with Gasteiger partial charge in [0.1, 0.15) is 0 Å². The molecule has 0 aromatic rings. The highest BCUT2D eigenvalue weighted by molar-refractivity contribution is 5.00. The molecule has 0 spiro atoms. The average Bonchev–Trinajstić information content (AvgIpc) is 2.16. The summed E-state index contributed by atoms with van der Waals surface area (Å²) < 4.78 is 0. The van der Waals surface area contributed by atoms with E-state index in [0.717, 1.165) is 18.4 Å². The van der Waals surface area contributed by atoms with Gasteiger partial charge in [-0.15, -0.1) is 6.58 Å². The van der Waals surface area contributed by atoms with Gasteiger partial charge < -0.3 is 5.11 Å². The first kappa shape index (κ1) is 13.2. The number of unbranched alkanes of at least 4 members (excludes halogenated alkanes) is 3. The van der Waals surface area contributed by atoms with Gasteiger partial charge in [-0.05, 0) is 39.0 Å². The molecule has 0 saturated carbocycles. The molecule has 1 heteroatoms. The standard InChI is InChI=1S/C13H22O/c1-4-5-6-7-8-9-10-11-13(14)12(2)3/h4,9-10,13-14H,1-2,5-8,11H2,3H3. The van der Waals surface area contributed by atoms with Crippen molar-refractivity contribution in [3.8, 4) is 0 Å². The van der Waals surface area contributed by atoms with Crippen LogP contribution < -0.4 is 0 Å². The molecule has 14 heavy (non-hydrogen) atoms. The van der Waals surface area contributed by atoms with Crippen molar-refractivity contribution in [2.75, 3.05) is 0 Å². The molecule has 1 N–H and O–H groups in total. The van der Waals surface area contributed by atoms with Gasteiger partial charge in [0.25, 0.3) is 0 Å². The van der Waals surface area contributed by atoms with Crippen molar-refractivity contribution in [1.82, 2.24) is 0 Å². The van der Waals surface area contributed by atoms with Crippen LogP contribution in [0.15, 0.2) is 37.0 Å². The van der Waals surface area contributed by atoms with Gasteiger partial charge in [0.2, 0.25) is 0 Å². The summed E-state index contributed by atoms with van der Waals surface area (Å²) in [5.74, 6) is 0. The van der Waals surface area contributed by atoms with Crippen LogP contribution in [0.3, 0.4) is 0 Å². The molecule has 0 aliphatic heterocycles. The largest absolute Gasteiger partial charge is 0.388 e. The van der Waals surface area contributed by atoms with Crippen LogP contribution >= 0.6 is 0 Å². The Hall–Kier alpha value is -0.820. The molecular formula is C13H22O. The SMILES string of the molecule is C=CCCCCC=CCC(O)C(=C)C. The van der Waals surface area contributed by atoms with Gasteiger partial charge in [-0.1, -0.05) is 30.4 Å². The van der Waals surface area contributed by atoms with Crippen LogP contribution in [0.25, 0.3) is 0 Å². The van der Waals surface area contributed by atoms with E-state index in [1.165, 1.54) is 12.8 Å². The normalized spacial score (nSPS) is 13.0. The second kappa shape index (κ2) is 8.76. The van der Waals surface area contributed by atoms with Crippen LogP contribution in [0.5, 0.6) is 0 Å². The molecule has 0 aromatic heterocycles. The Labute approximate surface area is 87.8 Å². The minimum absolute atomic E-state index is 0.376. The van der Waals surface area contributed by atoms with Crippen molar-refractivity contribution < 1.29 is 5.11 Å². The lowest BCUT2D eigenvalue weighted by Gasteiger charge is -2.05. The Morgan fingerprint density at radius 2 is 1.93 bits per heavy atom. The van der Waals surface area contributed by atoms with Crippen LogP contribution in [-0.4, -0.2) is 11.2 Å². The maximum absolute atomic E-state index is 9.40. The fraction of sp³-hybridized carbons (Fsp3) is 0.538. The fourth-order valence-corrected chi connectivity index (χ4v) is 1.10. The van der Waals surface area contributed by atoms with E-state index in [1.807, 2.05) is 19.1 Å². The maximum Gasteiger partial charge on any atom is 0.0779 e. The van der Waals surface area contributed by atoms with E-state index < -0.39 is 0 Å². The van der Waals surface area contributed by atoms with E-state index in [1.54, 1.807) is 0 Å². The lowest BCUT2D eigenvalue weighted by atomic mass is 10.1.